The summed E-state index contributed by atoms with van der Waals surface area (Å²) in [4.78, 5) is 2.35. The van der Waals surface area contributed by atoms with Gasteiger partial charge in [-0.25, -0.2) is 21.8 Å². The van der Waals surface area contributed by atoms with Crippen molar-refractivity contribution in [2.75, 3.05) is 31.0 Å². The molecule has 1 saturated heterocycles. The Morgan fingerprint density at radius 1 is 0.878 bits per heavy atom. The Morgan fingerprint density at radius 3 is 2.07 bits per heavy atom. The molecule has 4 rings (SSSR count). The van der Waals surface area contributed by atoms with Crippen molar-refractivity contribution in [3.05, 3.63) is 70.9 Å². The van der Waals surface area contributed by atoms with Crippen LogP contribution < -0.4 is 4.72 Å². The van der Waals surface area contributed by atoms with E-state index in [-0.39, 0.29) is 36.1 Å². The second kappa shape index (κ2) is 11.6. The second-order valence-corrected chi connectivity index (χ2v) is 13.5. The van der Waals surface area contributed by atoms with Crippen molar-refractivity contribution in [3.8, 4) is 0 Å². The van der Waals surface area contributed by atoms with Gasteiger partial charge < -0.3 is 4.74 Å². The number of hydrogen-bond acceptors (Lipinski definition) is 7. The van der Waals surface area contributed by atoms with Crippen LogP contribution in [0.1, 0.15) is 11.3 Å². The summed E-state index contributed by atoms with van der Waals surface area (Å²) >= 11 is 6.33. The highest BCUT2D eigenvalue weighted by molar-refractivity contribution is 7.99. The van der Waals surface area contributed by atoms with E-state index >= 15 is 0 Å². The fourth-order valence-electron chi connectivity index (χ4n) is 3.62. The minimum absolute atomic E-state index is 0.0513. The van der Waals surface area contributed by atoms with Crippen LogP contribution in [0.4, 0.5) is 32.2 Å². The lowest BCUT2D eigenvalue weighted by Gasteiger charge is -2.26. The van der Waals surface area contributed by atoms with E-state index in [4.69, 9.17) is 16.3 Å². The first kappa shape index (κ1) is 31.4. The molecule has 0 unspecified atom stereocenters. The molecular formula is C23H18ClF6N3O5S3. The number of aromatic nitrogens is 1. The average molecular weight is 662 g/mol. The molecule has 1 aliphatic heterocycles. The molecule has 2 aromatic carbocycles. The van der Waals surface area contributed by atoms with Crippen LogP contribution in [-0.4, -0.2) is 52.4 Å². The van der Waals surface area contributed by atoms with E-state index in [1.165, 1.54) is 28.6 Å². The SMILES string of the molecule is O=S(=O)(Nc1ccc(Sc2ccc(S(=O)(=O)N3CCOCC3)cc2)c(C(F)(F)F)n1)c1ccc(C(F)(F)F)cc1Cl. The summed E-state index contributed by atoms with van der Waals surface area (Å²) in [5, 5.41) is -0.797. The lowest BCUT2D eigenvalue weighted by molar-refractivity contribution is -0.143. The van der Waals surface area contributed by atoms with E-state index in [1.54, 1.807) is 4.72 Å². The highest BCUT2D eigenvalue weighted by Gasteiger charge is 2.37. The van der Waals surface area contributed by atoms with Gasteiger partial charge in [0.2, 0.25) is 10.0 Å². The largest absolute Gasteiger partial charge is 0.434 e. The number of alkyl halides is 6. The Balaban J connectivity index is 1.58. The molecule has 18 heteroatoms. The highest BCUT2D eigenvalue weighted by Crippen LogP contribution is 2.40. The zero-order valence-electron chi connectivity index (χ0n) is 20.3. The van der Waals surface area contributed by atoms with Crippen molar-refractivity contribution < 1.29 is 47.9 Å². The van der Waals surface area contributed by atoms with E-state index in [1.807, 2.05) is 0 Å². The fourth-order valence-corrected chi connectivity index (χ4v) is 7.49. The van der Waals surface area contributed by atoms with E-state index in [0.29, 0.717) is 30.0 Å². The Bertz CT molecular complexity index is 1640. The van der Waals surface area contributed by atoms with Crippen molar-refractivity contribution in [1.82, 2.24) is 9.29 Å². The molecule has 3 aromatic rings. The lowest BCUT2D eigenvalue weighted by Crippen LogP contribution is -2.40. The standard InChI is InChI=1S/C23H18ClF6N3O5S3/c24-17-13-14(22(25,26)27)1-7-19(17)40(34,35)32-20-8-6-18(21(31-20)23(28,29)30)39-15-2-4-16(5-3-15)41(36,37)33-9-11-38-12-10-33/h1-8,13H,9-12H2,(H,31,32). The molecule has 222 valence electrons. The summed E-state index contributed by atoms with van der Waals surface area (Å²) in [7, 11) is -8.54. The first-order valence-corrected chi connectivity index (χ1v) is 15.4. The van der Waals surface area contributed by atoms with Gasteiger partial charge in [0.05, 0.1) is 28.7 Å². The number of anilines is 1. The number of benzene rings is 2. The van der Waals surface area contributed by atoms with E-state index in [9.17, 15) is 43.2 Å². The summed E-state index contributed by atoms with van der Waals surface area (Å²) < 4.78 is 139. The van der Waals surface area contributed by atoms with Crippen LogP contribution in [0.25, 0.3) is 0 Å². The maximum Gasteiger partial charge on any atom is 0.434 e. The number of morpholine rings is 1. The number of halogens is 7. The number of sulfonamides is 2. The predicted molar refractivity (Wildman–Crippen MR) is 137 cm³/mol. The Kier molecular flexibility index (Phi) is 8.88. The van der Waals surface area contributed by atoms with Crippen LogP contribution in [0.2, 0.25) is 5.02 Å². The maximum absolute atomic E-state index is 13.9. The van der Waals surface area contributed by atoms with Crippen LogP contribution in [0.3, 0.4) is 0 Å². The highest BCUT2D eigenvalue weighted by atomic mass is 35.5. The average Bonchev–Trinajstić information content (AvgIpc) is 2.89. The summed E-state index contributed by atoms with van der Waals surface area (Å²) in [6.45, 7) is 0.815. The molecule has 0 radical (unpaired) electrons. The van der Waals surface area contributed by atoms with Gasteiger partial charge in [-0.15, -0.1) is 0 Å². The summed E-state index contributed by atoms with van der Waals surface area (Å²) in [6, 6.07) is 8.45. The van der Waals surface area contributed by atoms with Crippen LogP contribution in [-0.2, 0) is 37.1 Å². The van der Waals surface area contributed by atoms with Gasteiger partial charge in [0.1, 0.15) is 10.7 Å². The van der Waals surface area contributed by atoms with Crippen LogP contribution in [0.5, 0.6) is 0 Å². The van der Waals surface area contributed by atoms with E-state index in [0.717, 1.165) is 12.1 Å². The summed E-state index contributed by atoms with van der Waals surface area (Å²) in [5.41, 5.74) is -2.67. The number of pyridine rings is 1. The van der Waals surface area contributed by atoms with Gasteiger partial charge in [0, 0.05) is 22.9 Å². The normalized spacial score (nSPS) is 15.6. The molecule has 8 nitrogen and oxygen atoms in total. The van der Waals surface area contributed by atoms with Crippen LogP contribution >= 0.6 is 23.4 Å². The minimum atomic E-state index is -5.03. The number of hydrogen-bond donors (Lipinski definition) is 1. The van der Waals surface area contributed by atoms with Crippen LogP contribution in [0, 0.1) is 0 Å². The second-order valence-electron chi connectivity index (χ2n) is 8.38. The topological polar surface area (TPSA) is 106 Å². The zero-order chi connectivity index (χ0) is 30.2. The first-order chi connectivity index (χ1) is 19.0. The van der Waals surface area contributed by atoms with Gasteiger partial charge in [0.25, 0.3) is 10.0 Å². The molecule has 0 aliphatic carbocycles. The molecule has 41 heavy (non-hydrogen) atoms. The molecule has 1 N–H and O–H groups in total. The van der Waals surface area contributed by atoms with E-state index < -0.39 is 64.3 Å². The van der Waals surface area contributed by atoms with Gasteiger partial charge in [-0.3, -0.25) is 4.72 Å². The molecule has 0 spiro atoms. The maximum atomic E-state index is 13.9. The van der Waals surface area contributed by atoms with Crippen molar-refractivity contribution in [3.63, 3.8) is 0 Å². The molecule has 1 fully saturated rings. The molecule has 1 aliphatic rings. The molecular weight excluding hydrogens is 644 g/mol. The predicted octanol–water partition coefficient (Wildman–Crippen LogP) is 5.75. The number of nitrogens with zero attached hydrogens (tertiary/aromatic N) is 2. The van der Waals surface area contributed by atoms with Crippen molar-refractivity contribution >= 4 is 49.2 Å². The van der Waals surface area contributed by atoms with Gasteiger partial charge in [-0.05, 0) is 54.6 Å². The Labute approximate surface area is 239 Å². The van der Waals surface area contributed by atoms with Crippen molar-refractivity contribution in [2.24, 2.45) is 0 Å². The summed E-state index contributed by atoms with van der Waals surface area (Å²) in [6.07, 6.45) is -9.83. The Morgan fingerprint density at radius 2 is 1.51 bits per heavy atom. The van der Waals surface area contributed by atoms with Gasteiger partial charge >= 0.3 is 12.4 Å². The monoisotopic (exact) mass is 661 g/mol. The molecule has 0 atom stereocenters. The number of rotatable bonds is 7. The number of nitrogens with one attached hydrogen (secondary N) is 1. The smallest absolute Gasteiger partial charge is 0.379 e. The van der Waals surface area contributed by atoms with Crippen LogP contribution in [0.15, 0.2) is 74.2 Å². The van der Waals surface area contributed by atoms with Crippen molar-refractivity contribution in [1.29, 1.82) is 0 Å². The fraction of sp³-hybridized carbons (Fsp3) is 0.261. The molecule has 0 saturated carbocycles. The molecule has 2 heterocycles. The van der Waals surface area contributed by atoms with Crippen molar-refractivity contribution in [2.45, 2.75) is 31.9 Å². The zero-order valence-corrected chi connectivity index (χ0v) is 23.5. The van der Waals surface area contributed by atoms with E-state index in [2.05, 4.69) is 4.98 Å². The Hall–Kier alpha value is -2.57. The lowest BCUT2D eigenvalue weighted by atomic mass is 10.2. The number of ether oxygens (including phenoxy) is 1. The third kappa shape index (κ3) is 7.26. The van der Waals surface area contributed by atoms with Gasteiger partial charge in [-0.2, -0.15) is 30.6 Å². The van der Waals surface area contributed by atoms with Gasteiger partial charge in [0.15, 0.2) is 5.69 Å². The summed E-state index contributed by atoms with van der Waals surface area (Å²) in [5.74, 6) is -0.760. The van der Waals surface area contributed by atoms with Gasteiger partial charge in [-0.1, -0.05) is 23.4 Å². The third-order valence-electron chi connectivity index (χ3n) is 5.57. The molecule has 0 amide bonds. The first-order valence-electron chi connectivity index (χ1n) is 11.3. The molecule has 1 aromatic heterocycles. The minimum Gasteiger partial charge on any atom is -0.379 e. The quantitative estimate of drug-likeness (QED) is 0.322. The third-order valence-corrected chi connectivity index (χ3v) is 10.4. The molecule has 0 bridgehead atoms.